The van der Waals surface area contributed by atoms with Crippen LogP contribution in [0.15, 0.2) is 36.7 Å². The SMILES string of the molecule is O=C(NO)c1cnc(N2CCCCC2CNc2cccc(C(F)(F)F)c2)nc1. The number of hydroxylamine groups is 1. The van der Waals surface area contributed by atoms with E-state index in [4.69, 9.17) is 5.21 Å². The zero-order valence-corrected chi connectivity index (χ0v) is 14.9. The first kappa shape index (κ1) is 19.9. The van der Waals surface area contributed by atoms with Crippen molar-refractivity contribution in [2.24, 2.45) is 0 Å². The number of piperidine rings is 1. The molecule has 3 N–H and O–H groups in total. The molecule has 1 aliphatic rings. The van der Waals surface area contributed by atoms with Crippen LogP contribution in [-0.4, -0.2) is 40.2 Å². The lowest BCUT2D eigenvalue weighted by atomic mass is 10.0. The first-order valence-electron chi connectivity index (χ1n) is 8.83. The maximum absolute atomic E-state index is 12.9. The molecule has 1 aromatic carbocycles. The van der Waals surface area contributed by atoms with Crippen LogP contribution in [0, 0.1) is 0 Å². The number of aromatic nitrogens is 2. The van der Waals surface area contributed by atoms with Crippen LogP contribution in [0.4, 0.5) is 24.8 Å². The molecule has 1 aliphatic heterocycles. The smallest absolute Gasteiger partial charge is 0.383 e. The third-order valence-corrected chi connectivity index (χ3v) is 4.62. The second-order valence-corrected chi connectivity index (χ2v) is 6.52. The standard InChI is InChI=1S/C18H20F3N5O2/c19-18(20,21)13-4-3-5-14(8-13)22-11-15-6-1-2-7-26(15)17-23-9-12(10-24-17)16(27)25-28/h3-5,8-10,15,22,28H,1-2,6-7,11H2,(H,25,27). The summed E-state index contributed by atoms with van der Waals surface area (Å²) < 4.78 is 38.6. The summed E-state index contributed by atoms with van der Waals surface area (Å²) in [5.41, 5.74) is 1.35. The Bertz CT molecular complexity index is 814. The molecule has 150 valence electrons. The van der Waals surface area contributed by atoms with Gasteiger partial charge in [-0.1, -0.05) is 6.07 Å². The molecule has 0 saturated carbocycles. The summed E-state index contributed by atoms with van der Waals surface area (Å²) in [7, 11) is 0. The van der Waals surface area contributed by atoms with Crippen molar-refractivity contribution < 1.29 is 23.2 Å². The highest BCUT2D eigenvalue weighted by Gasteiger charge is 2.30. The van der Waals surface area contributed by atoms with Crippen molar-refractivity contribution >= 4 is 17.5 Å². The highest BCUT2D eigenvalue weighted by atomic mass is 19.4. The molecule has 1 amide bonds. The summed E-state index contributed by atoms with van der Waals surface area (Å²) in [6, 6.07) is 5.10. The second kappa shape index (κ2) is 8.42. The maximum atomic E-state index is 12.9. The van der Waals surface area contributed by atoms with Crippen LogP contribution < -0.4 is 15.7 Å². The number of carbonyl (C=O) groups is 1. The van der Waals surface area contributed by atoms with E-state index >= 15 is 0 Å². The lowest BCUT2D eigenvalue weighted by Crippen LogP contribution is -2.44. The Morgan fingerprint density at radius 3 is 2.68 bits per heavy atom. The van der Waals surface area contributed by atoms with Crippen molar-refractivity contribution in [3.63, 3.8) is 0 Å². The third-order valence-electron chi connectivity index (χ3n) is 4.62. The summed E-state index contributed by atoms with van der Waals surface area (Å²) in [5, 5.41) is 11.7. The van der Waals surface area contributed by atoms with E-state index < -0.39 is 17.6 Å². The Balaban J connectivity index is 1.69. The topological polar surface area (TPSA) is 90.4 Å². The highest BCUT2D eigenvalue weighted by molar-refractivity contribution is 5.92. The van der Waals surface area contributed by atoms with Gasteiger partial charge in [-0.25, -0.2) is 15.4 Å². The van der Waals surface area contributed by atoms with E-state index in [0.717, 1.165) is 31.4 Å². The molecule has 0 spiro atoms. The number of hydrogen-bond acceptors (Lipinski definition) is 6. The molecule has 0 aliphatic carbocycles. The monoisotopic (exact) mass is 395 g/mol. The Labute approximate surface area is 159 Å². The predicted molar refractivity (Wildman–Crippen MR) is 96.2 cm³/mol. The van der Waals surface area contributed by atoms with Crippen LogP contribution in [0.1, 0.15) is 35.2 Å². The molecule has 7 nitrogen and oxygen atoms in total. The van der Waals surface area contributed by atoms with E-state index in [9.17, 15) is 18.0 Å². The minimum absolute atomic E-state index is 0.000751. The first-order chi connectivity index (χ1) is 13.4. The van der Waals surface area contributed by atoms with E-state index in [1.807, 2.05) is 4.90 Å². The fourth-order valence-electron chi connectivity index (χ4n) is 3.17. The summed E-state index contributed by atoms with van der Waals surface area (Å²) >= 11 is 0. The minimum Gasteiger partial charge on any atom is -0.383 e. The van der Waals surface area contributed by atoms with Crippen molar-refractivity contribution in [3.05, 3.63) is 47.8 Å². The van der Waals surface area contributed by atoms with Gasteiger partial charge < -0.3 is 10.2 Å². The average molecular weight is 395 g/mol. The number of benzene rings is 1. The zero-order valence-electron chi connectivity index (χ0n) is 14.9. The molecule has 1 fully saturated rings. The van der Waals surface area contributed by atoms with Gasteiger partial charge >= 0.3 is 6.18 Å². The Hall–Kier alpha value is -2.88. The summed E-state index contributed by atoms with van der Waals surface area (Å²) in [5.74, 6) is -0.266. The summed E-state index contributed by atoms with van der Waals surface area (Å²) in [6.07, 6.45) is 1.04. The Morgan fingerprint density at radius 2 is 2.00 bits per heavy atom. The molecule has 3 rings (SSSR count). The molecule has 2 aromatic rings. The first-order valence-corrected chi connectivity index (χ1v) is 8.83. The van der Waals surface area contributed by atoms with Crippen molar-refractivity contribution in [3.8, 4) is 0 Å². The molecular formula is C18H20F3N5O2. The number of nitrogens with zero attached hydrogens (tertiary/aromatic N) is 3. The number of carbonyl (C=O) groups excluding carboxylic acids is 1. The second-order valence-electron chi connectivity index (χ2n) is 6.52. The van der Waals surface area contributed by atoms with Crippen molar-refractivity contribution in [2.45, 2.75) is 31.5 Å². The molecule has 1 unspecified atom stereocenters. The van der Waals surface area contributed by atoms with Crippen molar-refractivity contribution in [2.75, 3.05) is 23.3 Å². The lowest BCUT2D eigenvalue weighted by Gasteiger charge is -2.36. The van der Waals surface area contributed by atoms with Crippen LogP contribution >= 0.6 is 0 Å². The van der Waals surface area contributed by atoms with E-state index in [2.05, 4.69) is 15.3 Å². The molecule has 10 heteroatoms. The quantitative estimate of drug-likeness (QED) is 0.533. The van der Waals surface area contributed by atoms with Crippen LogP contribution in [-0.2, 0) is 6.18 Å². The molecule has 1 aromatic heterocycles. The van der Waals surface area contributed by atoms with Crippen LogP contribution in [0.3, 0.4) is 0 Å². The van der Waals surface area contributed by atoms with Crippen LogP contribution in [0.2, 0.25) is 0 Å². The fraction of sp³-hybridized carbons (Fsp3) is 0.389. The number of halogens is 3. The van der Waals surface area contributed by atoms with E-state index in [0.29, 0.717) is 24.7 Å². The molecule has 0 radical (unpaired) electrons. The fourth-order valence-corrected chi connectivity index (χ4v) is 3.17. The van der Waals surface area contributed by atoms with Gasteiger partial charge in [-0.3, -0.25) is 10.0 Å². The van der Waals surface area contributed by atoms with Crippen molar-refractivity contribution in [1.82, 2.24) is 15.4 Å². The predicted octanol–water partition coefficient (Wildman–Crippen LogP) is 3.09. The molecule has 28 heavy (non-hydrogen) atoms. The molecule has 1 atom stereocenters. The lowest BCUT2D eigenvalue weighted by molar-refractivity contribution is -0.137. The average Bonchev–Trinajstić information content (AvgIpc) is 2.71. The van der Waals surface area contributed by atoms with E-state index in [-0.39, 0.29) is 11.6 Å². The normalized spacial score (nSPS) is 17.3. The van der Waals surface area contributed by atoms with Gasteiger partial charge in [0, 0.05) is 37.2 Å². The zero-order chi connectivity index (χ0) is 20.1. The Kier molecular flexibility index (Phi) is 5.98. The number of alkyl halides is 3. The number of nitrogens with one attached hydrogen (secondary N) is 2. The van der Waals surface area contributed by atoms with E-state index in [1.54, 1.807) is 6.07 Å². The maximum Gasteiger partial charge on any atom is 0.416 e. The molecule has 0 bridgehead atoms. The minimum atomic E-state index is -4.38. The van der Waals surface area contributed by atoms with Crippen molar-refractivity contribution in [1.29, 1.82) is 0 Å². The number of hydrogen-bond donors (Lipinski definition) is 3. The summed E-state index contributed by atoms with van der Waals surface area (Å²) in [4.78, 5) is 21.7. The van der Waals surface area contributed by atoms with Gasteiger partial charge in [0.1, 0.15) is 0 Å². The number of amides is 1. The van der Waals surface area contributed by atoms with Gasteiger partial charge in [-0.2, -0.15) is 13.2 Å². The van der Waals surface area contributed by atoms with Gasteiger partial charge in [0.15, 0.2) is 0 Å². The molecule has 2 heterocycles. The highest BCUT2D eigenvalue weighted by Crippen LogP contribution is 2.31. The van der Waals surface area contributed by atoms with Gasteiger partial charge in [-0.05, 0) is 37.5 Å². The largest absolute Gasteiger partial charge is 0.416 e. The molecular weight excluding hydrogens is 375 g/mol. The summed E-state index contributed by atoms with van der Waals surface area (Å²) in [6.45, 7) is 1.14. The third kappa shape index (κ3) is 4.69. The molecule has 1 saturated heterocycles. The van der Waals surface area contributed by atoms with Gasteiger partial charge in [0.05, 0.1) is 11.1 Å². The van der Waals surface area contributed by atoms with Crippen LogP contribution in [0.5, 0.6) is 0 Å². The number of anilines is 2. The van der Waals surface area contributed by atoms with Crippen LogP contribution in [0.25, 0.3) is 0 Å². The Morgan fingerprint density at radius 1 is 1.25 bits per heavy atom. The van der Waals surface area contributed by atoms with E-state index in [1.165, 1.54) is 23.9 Å². The van der Waals surface area contributed by atoms with Gasteiger partial charge in [0.25, 0.3) is 5.91 Å². The van der Waals surface area contributed by atoms with Gasteiger partial charge in [0.2, 0.25) is 5.95 Å². The number of rotatable bonds is 5. The van der Waals surface area contributed by atoms with Gasteiger partial charge in [-0.15, -0.1) is 0 Å².